The number of amides is 1. The zero-order valence-corrected chi connectivity index (χ0v) is 11.7. The van der Waals surface area contributed by atoms with Crippen molar-refractivity contribution in [2.24, 2.45) is 0 Å². The fraction of sp³-hybridized carbons (Fsp3) is 0.118. The highest BCUT2D eigenvalue weighted by Crippen LogP contribution is 2.25. The molecule has 0 bridgehead atoms. The number of para-hydroxylation sites is 1. The number of aliphatic hydroxyl groups is 1. The summed E-state index contributed by atoms with van der Waals surface area (Å²) in [6.45, 7) is 2.00. The third-order valence-corrected chi connectivity index (χ3v) is 3.39. The van der Waals surface area contributed by atoms with Crippen LogP contribution in [-0.2, 0) is 4.79 Å². The van der Waals surface area contributed by atoms with Gasteiger partial charge in [0.25, 0.3) is 5.91 Å². The van der Waals surface area contributed by atoms with Gasteiger partial charge in [-0.1, -0.05) is 35.9 Å². The molecule has 4 heteroatoms. The maximum absolute atomic E-state index is 12.4. The number of nitrogens with one attached hydrogen (secondary N) is 1. The molecule has 2 aromatic rings. The summed E-state index contributed by atoms with van der Waals surface area (Å²) in [5, 5.41) is 13.2. The number of nitrogens with zero attached hydrogens (tertiary/aromatic N) is 1. The average Bonchev–Trinajstić information content (AvgIpc) is 2.77. The first-order chi connectivity index (χ1) is 10.1. The van der Waals surface area contributed by atoms with E-state index in [1.165, 1.54) is 11.0 Å². The predicted molar refractivity (Wildman–Crippen MR) is 82.8 cm³/mol. The second-order valence-electron chi connectivity index (χ2n) is 5.00. The van der Waals surface area contributed by atoms with E-state index >= 15 is 0 Å². The van der Waals surface area contributed by atoms with Crippen molar-refractivity contribution < 1.29 is 9.90 Å². The molecule has 0 aliphatic carbocycles. The van der Waals surface area contributed by atoms with Crippen molar-refractivity contribution in [2.45, 2.75) is 13.2 Å². The zero-order valence-electron chi connectivity index (χ0n) is 11.7. The number of rotatable bonds is 3. The maximum atomic E-state index is 12.4. The molecule has 2 N–H and O–H groups in total. The van der Waals surface area contributed by atoms with E-state index in [-0.39, 0.29) is 5.91 Å². The monoisotopic (exact) mass is 280 g/mol. The highest BCUT2D eigenvalue weighted by Gasteiger charge is 2.32. The van der Waals surface area contributed by atoms with Gasteiger partial charge < -0.3 is 10.4 Å². The van der Waals surface area contributed by atoms with Gasteiger partial charge in [0.05, 0.1) is 0 Å². The molecule has 21 heavy (non-hydrogen) atoms. The number of aliphatic hydroxyl groups excluding tert-OH is 1. The molecule has 3 rings (SSSR count). The number of hydrogen-bond acceptors (Lipinski definition) is 3. The van der Waals surface area contributed by atoms with E-state index in [9.17, 15) is 9.90 Å². The van der Waals surface area contributed by atoms with Crippen LogP contribution in [0.1, 0.15) is 5.56 Å². The number of carbonyl (C=O) groups excluding carboxylic acids is 1. The topological polar surface area (TPSA) is 52.6 Å². The van der Waals surface area contributed by atoms with Crippen LogP contribution in [0.25, 0.3) is 0 Å². The fourth-order valence-electron chi connectivity index (χ4n) is 2.29. The Balaban J connectivity index is 1.81. The van der Waals surface area contributed by atoms with Crippen molar-refractivity contribution in [3.63, 3.8) is 0 Å². The molecule has 1 unspecified atom stereocenters. The van der Waals surface area contributed by atoms with E-state index in [2.05, 4.69) is 5.32 Å². The van der Waals surface area contributed by atoms with Gasteiger partial charge in [-0.25, -0.2) is 0 Å². The summed E-state index contributed by atoms with van der Waals surface area (Å²) in [4.78, 5) is 13.8. The lowest BCUT2D eigenvalue weighted by atomic mass is 10.2. The summed E-state index contributed by atoms with van der Waals surface area (Å²) in [6, 6.07) is 16.9. The molecular formula is C17H16N2O2. The Hall–Kier alpha value is -2.59. The van der Waals surface area contributed by atoms with Crippen molar-refractivity contribution in [1.82, 2.24) is 0 Å². The Kier molecular flexibility index (Phi) is 3.46. The maximum Gasteiger partial charge on any atom is 0.276 e. The van der Waals surface area contributed by atoms with Crippen LogP contribution in [0.2, 0.25) is 0 Å². The molecule has 0 fully saturated rings. The SMILES string of the molecule is Cc1ccc(NC2=CC(O)N(c3ccccc3)C2=O)cc1. The zero-order chi connectivity index (χ0) is 14.8. The standard InChI is InChI=1S/C17H16N2O2/c1-12-7-9-13(10-8-12)18-15-11-16(20)19(17(15)21)14-5-3-2-4-6-14/h2-11,16,18,20H,1H3. The van der Waals surface area contributed by atoms with Crippen molar-refractivity contribution >= 4 is 17.3 Å². The predicted octanol–water partition coefficient (Wildman–Crippen LogP) is 2.66. The summed E-state index contributed by atoms with van der Waals surface area (Å²) in [7, 11) is 0. The number of anilines is 2. The molecule has 0 aromatic heterocycles. The molecule has 0 spiro atoms. The molecule has 0 saturated carbocycles. The van der Waals surface area contributed by atoms with Crippen molar-refractivity contribution in [3.8, 4) is 0 Å². The van der Waals surface area contributed by atoms with Crippen LogP contribution in [0.3, 0.4) is 0 Å². The minimum atomic E-state index is -0.951. The summed E-state index contributed by atoms with van der Waals surface area (Å²) in [5.74, 6) is -0.241. The second-order valence-corrected chi connectivity index (χ2v) is 5.00. The van der Waals surface area contributed by atoms with Crippen molar-refractivity contribution in [1.29, 1.82) is 0 Å². The van der Waals surface area contributed by atoms with Crippen LogP contribution >= 0.6 is 0 Å². The third-order valence-electron chi connectivity index (χ3n) is 3.39. The molecule has 1 atom stereocenters. The number of benzene rings is 2. The van der Waals surface area contributed by atoms with Gasteiger partial charge >= 0.3 is 0 Å². The molecule has 2 aromatic carbocycles. The van der Waals surface area contributed by atoms with E-state index in [1.807, 2.05) is 49.4 Å². The van der Waals surface area contributed by atoms with Crippen LogP contribution in [-0.4, -0.2) is 17.2 Å². The van der Waals surface area contributed by atoms with Crippen LogP contribution in [0.15, 0.2) is 66.4 Å². The van der Waals surface area contributed by atoms with Crippen LogP contribution in [0.4, 0.5) is 11.4 Å². The van der Waals surface area contributed by atoms with E-state index < -0.39 is 6.23 Å². The van der Waals surface area contributed by atoms with Gasteiger partial charge in [0.1, 0.15) is 5.70 Å². The smallest absolute Gasteiger partial charge is 0.276 e. The normalized spacial score (nSPS) is 17.8. The molecule has 1 aliphatic heterocycles. The lowest BCUT2D eigenvalue weighted by Gasteiger charge is -2.20. The molecule has 4 nitrogen and oxygen atoms in total. The lowest BCUT2D eigenvalue weighted by molar-refractivity contribution is -0.115. The fourth-order valence-corrected chi connectivity index (χ4v) is 2.29. The Morgan fingerprint density at radius 3 is 2.38 bits per heavy atom. The molecule has 1 aliphatic rings. The average molecular weight is 280 g/mol. The molecule has 1 amide bonds. The summed E-state index contributed by atoms with van der Waals surface area (Å²) in [6.07, 6.45) is 0.572. The largest absolute Gasteiger partial charge is 0.369 e. The highest BCUT2D eigenvalue weighted by molar-refractivity contribution is 6.10. The minimum absolute atomic E-state index is 0.241. The quantitative estimate of drug-likeness (QED) is 0.908. The van der Waals surface area contributed by atoms with Crippen LogP contribution < -0.4 is 10.2 Å². The minimum Gasteiger partial charge on any atom is -0.369 e. The van der Waals surface area contributed by atoms with Gasteiger partial charge in [-0.2, -0.15) is 0 Å². The summed E-state index contributed by atoms with van der Waals surface area (Å²) < 4.78 is 0. The Bertz CT molecular complexity index is 678. The molecule has 0 saturated heterocycles. The summed E-state index contributed by atoms with van der Waals surface area (Å²) in [5.41, 5.74) is 3.03. The van der Waals surface area contributed by atoms with Gasteiger partial charge in [-0.15, -0.1) is 0 Å². The van der Waals surface area contributed by atoms with Crippen LogP contribution in [0, 0.1) is 6.92 Å². The van der Waals surface area contributed by atoms with Gasteiger partial charge in [-0.3, -0.25) is 9.69 Å². The van der Waals surface area contributed by atoms with Crippen LogP contribution in [0.5, 0.6) is 0 Å². The number of aryl methyl sites for hydroxylation is 1. The van der Waals surface area contributed by atoms with Gasteiger partial charge in [0.2, 0.25) is 0 Å². The first-order valence-corrected chi connectivity index (χ1v) is 6.77. The molecule has 106 valence electrons. The van der Waals surface area contributed by atoms with Crippen molar-refractivity contribution in [3.05, 3.63) is 71.9 Å². The number of carbonyl (C=O) groups is 1. The molecule has 1 heterocycles. The lowest BCUT2D eigenvalue weighted by Crippen LogP contribution is -2.35. The Morgan fingerprint density at radius 1 is 1.05 bits per heavy atom. The third kappa shape index (κ3) is 2.66. The summed E-state index contributed by atoms with van der Waals surface area (Å²) >= 11 is 0. The Labute approximate surface area is 123 Å². The number of hydrogen-bond donors (Lipinski definition) is 2. The van der Waals surface area contributed by atoms with Gasteiger partial charge in [0.15, 0.2) is 6.23 Å². The van der Waals surface area contributed by atoms with Crippen molar-refractivity contribution in [2.75, 3.05) is 10.2 Å². The Morgan fingerprint density at radius 2 is 1.71 bits per heavy atom. The molecule has 0 radical (unpaired) electrons. The second kappa shape index (κ2) is 5.42. The van der Waals surface area contributed by atoms with E-state index in [0.717, 1.165) is 11.3 Å². The van der Waals surface area contributed by atoms with Gasteiger partial charge in [-0.05, 0) is 37.3 Å². The van der Waals surface area contributed by atoms with Gasteiger partial charge in [0, 0.05) is 11.4 Å². The molecular weight excluding hydrogens is 264 g/mol. The first kappa shape index (κ1) is 13.4. The van der Waals surface area contributed by atoms with E-state index in [0.29, 0.717) is 11.4 Å². The first-order valence-electron chi connectivity index (χ1n) is 6.77. The van der Waals surface area contributed by atoms with E-state index in [1.54, 1.807) is 12.1 Å². The highest BCUT2D eigenvalue weighted by atomic mass is 16.3. The van der Waals surface area contributed by atoms with E-state index in [4.69, 9.17) is 0 Å².